The second-order valence-corrected chi connectivity index (χ2v) is 9.01. The number of allylic oxidation sites excluding steroid dienone is 3. The molecule has 12 nitrogen and oxygen atoms in total. The van der Waals surface area contributed by atoms with Gasteiger partial charge < -0.3 is 45.3 Å². The summed E-state index contributed by atoms with van der Waals surface area (Å²) in [6, 6.07) is 0. The molecular formula is C24H39FeN3O9. The predicted octanol–water partition coefficient (Wildman–Crippen LogP) is 0.122. The maximum Gasteiger partial charge on any atom is 0.190 e. The topological polar surface area (TPSA) is 182 Å². The van der Waals surface area contributed by atoms with Gasteiger partial charge in [-0.15, -0.1) is 0 Å². The molecule has 0 aromatic carbocycles. The molecule has 0 aromatic heterocycles. The molecule has 0 radical (unpaired) electrons. The third-order valence-electron chi connectivity index (χ3n) is 5.46. The number of aliphatic hydroxyl groups excluding tert-OH is 6. The first-order valence-electron chi connectivity index (χ1n) is 11.8. The molecule has 3 aliphatic heterocycles. The van der Waals surface area contributed by atoms with Crippen LogP contribution in [0.25, 0.3) is 0 Å². The molecule has 3 aliphatic rings. The number of likely N-dealkylation sites (tertiary alicyclic amines) is 3. The Morgan fingerprint density at radius 2 is 0.784 bits per heavy atom. The first-order valence-corrected chi connectivity index (χ1v) is 11.8. The van der Waals surface area contributed by atoms with E-state index in [4.69, 9.17) is 15.3 Å². The maximum atomic E-state index is 10.6. The van der Waals surface area contributed by atoms with Gasteiger partial charge in [0.15, 0.2) is 35.0 Å². The van der Waals surface area contributed by atoms with E-state index >= 15 is 0 Å². The largest absolute Gasteiger partial charge is 0.495 e. The molecule has 3 rings (SSSR count). The molecule has 0 amide bonds. The Morgan fingerprint density at radius 3 is 0.919 bits per heavy atom. The van der Waals surface area contributed by atoms with Gasteiger partial charge in [0.25, 0.3) is 0 Å². The van der Waals surface area contributed by atoms with Crippen LogP contribution in [0.1, 0.15) is 40.0 Å². The summed E-state index contributed by atoms with van der Waals surface area (Å²) in [6.07, 6.45) is 4.29. The minimum atomic E-state index is -0.382. The molecular weight excluding hydrogens is 530 g/mol. The van der Waals surface area contributed by atoms with Crippen LogP contribution in [-0.4, -0.2) is 120 Å². The number of hydrogen-bond donors (Lipinski definition) is 6. The van der Waals surface area contributed by atoms with Gasteiger partial charge in [0.05, 0.1) is 18.3 Å². The van der Waals surface area contributed by atoms with Crippen LogP contribution in [0.4, 0.5) is 0 Å². The van der Waals surface area contributed by atoms with Crippen molar-refractivity contribution >= 4 is 17.3 Å². The molecule has 0 aliphatic carbocycles. The number of aliphatic hydroxyl groups is 6. The van der Waals surface area contributed by atoms with Crippen LogP contribution in [0.5, 0.6) is 0 Å². The average Bonchev–Trinajstić information content (AvgIpc) is 3.49. The molecule has 3 saturated heterocycles. The smallest absolute Gasteiger partial charge is 0.190 e. The van der Waals surface area contributed by atoms with Crippen LogP contribution in [0.3, 0.4) is 0 Å². The van der Waals surface area contributed by atoms with E-state index in [0.29, 0.717) is 58.5 Å². The van der Waals surface area contributed by atoms with Crippen LogP contribution in [0.15, 0.2) is 35.9 Å². The second kappa shape index (κ2) is 17.0. The number of rotatable bonds is 6. The average molecular weight is 569 g/mol. The summed E-state index contributed by atoms with van der Waals surface area (Å²) in [5.74, 6) is -0.686. The first kappa shape index (κ1) is 34.4. The van der Waals surface area contributed by atoms with E-state index < -0.39 is 0 Å². The summed E-state index contributed by atoms with van der Waals surface area (Å²) in [7, 11) is 0. The van der Waals surface area contributed by atoms with Crippen LogP contribution in [0.2, 0.25) is 0 Å². The summed E-state index contributed by atoms with van der Waals surface area (Å²) in [6.45, 7) is 7.19. The van der Waals surface area contributed by atoms with Crippen molar-refractivity contribution in [3.05, 3.63) is 35.9 Å². The summed E-state index contributed by atoms with van der Waals surface area (Å²) >= 11 is 0. The molecule has 13 heteroatoms. The van der Waals surface area contributed by atoms with Crippen LogP contribution in [-0.2, 0) is 31.5 Å². The Balaban J connectivity index is 0.000000518. The molecule has 0 spiro atoms. The monoisotopic (exact) mass is 569 g/mol. The molecule has 0 saturated carbocycles. The normalized spacial score (nSPS) is 24.0. The number of carbonyl (C=O) groups excluding carboxylic acids is 3. The van der Waals surface area contributed by atoms with Gasteiger partial charge in [-0.05, 0) is 40.0 Å². The molecule has 0 aromatic rings. The Morgan fingerprint density at radius 1 is 0.568 bits per heavy atom. The Hall–Kier alpha value is -2.57. The van der Waals surface area contributed by atoms with Gasteiger partial charge >= 0.3 is 0 Å². The van der Waals surface area contributed by atoms with Crippen molar-refractivity contribution in [1.29, 1.82) is 0 Å². The van der Waals surface area contributed by atoms with Crippen molar-refractivity contribution in [3.8, 4) is 0 Å². The molecule has 37 heavy (non-hydrogen) atoms. The van der Waals surface area contributed by atoms with Gasteiger partial charge in [-0.3, -0.25) is 14.4 Å². The molecule has 3 heterocycles. The van der Waals surface area contributed by atoms with Gasteiger partial charge in [0.2, 0.25) is 0 Å². The Labute approximate surface area is 227 Å². The van der Waals surface area contributed by atoms with Gasteiger partial charge in [0, 0.05) is 74.6 Å². The maximum absolute atomic E-state index is 10.6. The molecule has 0 bridgehead atoms. The molecule has 3 atom stereocenters. The summed E-state index contributed by atoms with van der Waals surface area (Å²) < 4.78 is 0. The fourth-order valence-electron chi connectivity index (χ4n) is 3.67. The number of β-amino-alcohol motifs (C(OH)–C–C–N with tert-alkyl or cyclic N) is 3. The summed E-state index contributed by atoms with van der Waals surface area (Å²) in [4.78, 5) is 36.5. The SMILES string of the molecule is CC(=O)C=C(O)N1CC[C@H](O)C1.CC(=O)C=C(O)N1CC[C@H](O)C1.CC(=O)C=C(O)N1CC[C@H](O)C1.[Fe]. The van der Waals surface area contributed by atoms with E-state index in [2.05, 4.69) is 0 Å². The van der Waals surface area contributed by atoms with Gasteiger partial charge in [-0.1, -0.05) is 0 Å². The zero-order chi connectivity index (χ0) is 27.4. The van der Waals surface area contributed by atoms with Crippen LogP contribution < -0.4 is 0 Å². The van der Waals surface area contributed by atoms with Crippen molar-refractivity contribution in [1.82, 2.24) is 14.7 Å². The van der Waals surface area contributed by atoms with E-state index in [1.54, 1.807) is 14.7 Å². The van der Waals surface area contributed by atoms with Gasteiger partial charge in [-0.2, -0.15) is 0 Å². The van der Waals surface area contributed by atoms with E-state index in [-0.39, 0.29) is 70.4 Å². The number of ketones is 3. The fourth-order valence-corrected chi connectivity index (χ4v) is 3.67. The third-order valence-corrected chi connectivity index (χ3v) is 5.46. The van der Waals surface area contributed by atoms with Gasteiger partial charge in [0.1, 0.15) is 0 Å². The van der Waals surface area contributed by atoms with Gasteiger partial charge in [-0.25, -0.2) is 0 Å². The number of hydrogen-bond acceptors (Lipinski definition) is 12. The zero-order valence-corrected chi connectivity index (χ0v) is 22.5. The van der Waals surface area contributed by atoms with Crippen molar-refractivity contribution in [2.75, 3.05) is 39.3 Å². The van der Waals surface area contributed by atoms with Crippen LogP contribution >= 0.6 is 0 Å². The van der Waals surface area contributed by atoms with Crippen molar-refractivity contribution < 1.29 is 62.1 Å². The zero-order valence-electron chi connectivity index (χ0n) is 21.4. The molecule has 0 unspecified atom stereocenters. The van der Waals surface area contributed by atoms with E-state index in [0.717, 1.165) is 18.2 Å². The summed E-state index contributed by atoms with van der Waals surface area (Å²) in [5.41, 5.74) is 0. The van der Waals surface area contributed by atoms with E-state index in [9.17, 15) is 29.7 Å². The summed E-state index contributed by atoms with van der Waals surface area (Å²) in [5, 5.41) is 55.2. The first-order chi connectivity index (χ1) is 16.8. The Bertz CT molecular complexity index is 753. The fraction of sp³-hybridized carbons (Fsp3) is 0.625. The minimum Gasteiger partial charge on any atom is -0.495 e. The molecule has 212 valence electrons. The quantitative estimate of drug-likeness (QED) is 0.145. The predicted molar refractivity (Wildman–Crippen MR) is 131 cm³/mol. The number of nitrogens with zero attached hydrogens (tertiary/aromatic N) is 3. The minimum absolute atomic E-state index is 0. The van der Waals surface area contributed by atoms with Crippen molar-refractivity contribution in [3.63, 3.8) is 0 Å². The second-order valence-electron chi connectivity index (χ2n) is 9.01. The standard InChI is InChI=1S/3C8H13NO3.Fe/c3*1-6(10)4-8(12)9-3-2-7(11)5-9;/h3*4,7,11-12H,2-3,5H2,1H3;/t3*7-;/m000./s1. The van der Waals surface area contributed by atoms with Crippen LogP contribution in [0, 0.1) is 0 Å². The number of carbonyl (C=O) groups is 3. The molecule has 3 fully saturated rings. The Kier molecular flexibility index (Phi) is 15.9. The molecule has 6 N–H and O–H groups in total. The van der Waals surface area contributed by atoms with Crippen molar-refractivity contribution in [2.24, 2.45) is 0 Å². The van der Waals surface area contributed by atoms with E-state index in [1.165, 1.54) is 20.8 Å². The van der Waals surface area contributed by atoms with Crippen molar-refractivity contribution in [2.45, 2.75) is 58.3 Å². The van der Waals surface area contributed by atoms with E-state index in [1.807, 2.05) is 0 Å². The third kappa shape index (κ3) is 14.1.